The van der Waals surface area contributed by atoms with Crippen molar-refractivity contribution in [1.29, 1.82) is 0 Å². The Hall–Kier alpha value is -3.02. The van der Waals surface area contributed by atoms with Crippen LogP contribution in [0.4, 0.5) is 0 Å². The van der Waals surface area contributed by atoms with Crippen molar-refractivity contribution in [3.63, 3.8) is 0 Å². The van der Waals surface area contributed by atoms with Gasteiger partial charge in [-0.1, -0.05) is 78.4 Å². The number of rotatable bonds is 12. The Bertz CT molecular complexity index is 1110. The molecule has 4 atom stereocenters. The summed E-state index contributed by atoms with van der Waals surface area (Å²) in [5.74, 6) is 0.469. The van der Waals surface area contributed by atoms with E-state index in [4.69, 9.17) is 18.9 Å². The summed E-state index contributed by atoms with van der Waals surface area (Å²) in [6.07, 6.45) is 9.01. The zero-order chi connectivity index (χ0) is 26.9. The molecule has 0 bridgehead atoms. The van der Waals surface area contributed by atoms with Crippen molar-refractivity contribution in [2.75, 3.05) is 13.2 Å². The normalized spacial score (nSPS) is 26.6. The molecule has 6 heteroatoms. The molecule has 1 aliphatic carbocycles. The quantitative estimate of drug-likeness (QED) is 0.172. The molecule has 6 nitrogen and oxygen atoms in total. The highest BCUT2D eigenvalue weighted by Gasteiger charge is 2.77. The Morgan fingerprint density at radius 1 is 0.658 bits per heavy atom. The van der Waals surface area contributed by atoms with E-state index in [1.165, 1.54) is 25.7 Å². The molecule has 38 heavy (non-hydrogen) atoms. The Balaban J connectivity index is 1.42. The Morgan fingerprint density at radius 2 is 1.08 bits per heavy atom. The lowest BCUT2D eigenvalue weighted by molar-refractivity contribution is -0.186. The van der Waals surface area contributed by atoms with Crippen LogP contribution in [-0.4, -0.2) is 25.2 Å². The maximum Gasteiger partial charge on any atom is 0.316 e. The third-order valence-corrected chi connectivity index (χ3v) is 9.14. The number of unbranched alkanes of at least 4 members (excludes halogenated alkanes) is 6. The van der Waals surface area contributed by atoms with E-state index in [-0.39, 0.29) is 11.9 Å². The van der Waals surface area contributed by atoms with E-state index in [2.05, 4.69) is 27.7 Å². The van der Waals surface area contributed by atoms with Gasteiger partial charge in [-0.05, 0) is 25.0 Å². The van der Waals surface area contributed by atoms with Crippen LogP contribution in [0.5, 0.6) is 23.0 Å². The van der Waals surface area contributed by atoms with Crippen LogP contribution in [0.1, 0.15) is 90.2 Å². The highest BCUT2D eigenvalue weighted by atomic mass is 16.6. The number of benzene rings is 2. The second kappa shape index (κ2) is 10.6. The summed E-state index contributed by atoms with van der Waals surface area (Å²) in [6.45, 7) is 9.80. The molecule has 2 aromatic carbocycles. The lowest BCUT2D eigenvalue weighted by atomic mass is 9.34. The number of carbonyl (C=O) groups is 2. The number of ether oxygens (including phenoxy) is 4. The maximum absolute atomic E-state index is 13.3. The first kappa shape index (κ1) is 26.6. The number of carbonyl (C=O) groups excluding carboxylic acids is 2. The lowest BCUT2D eigenvalue weighted by Gasteiger charge is -2.67. The van der Waals surface area contributed by atoms with Crippen LogP contribution in [0, 0.1) is 11.8 Å². The van der Waals surface area contributed by atoms with Gasteiger partial charge in [0.05, 0.1) is 25.0 Å². The van der Waals surface area contributed by atoms with Crippen LogP contribution in [0.3, 0.4) is 0 Å². The number of hydrogen-bond donors (Lipinski definition) is 0. The molecule has 0 unspecified atom stereocenters. The first-order chi connectivity index (χ1) is 18.4. The minimum Gasteiger partial charge on any atom is -0.493 e. The predicted octanol–water partition coefficient (Wildman–Crippen LogP) is 6.90. The first-order valence-electron chi connectivity index (χ1n) is 14.3. The number of esters is 2. The molecule has 0 amide bonds. The van der Waals surface area contributed by atoms with Crippen molar-refractivity contribution in [2.45, 2.75) is 89.9 Å². The van der Waals surface area contributed by atoms with Crippen molar-refractivity contribution in [1.82, 2.24) is 0 Å². The van der Waals surface area contributed by atoms with Gasteiger partial charge in [0.15, 0.2) is 0 Å². The minimum absolute atomic E-state index is 0.380. The van der Waals surface area contributed by atoms with Crippen molar-refractivity contribution < 1.29 is 28.5 Å². The second-order valence-corrected chi connectivity index (χ2v) is 11.3. The van der Waals surface area contributed by atoms with Crippen molar-refractivity contribution in [3.05, 3.63) is 47.5 Å². The summed E-state index contributed by atoms with van der Waals surface area (Å²) in [4.78, 5) is 26.6. The predicted molar refractivity (Wildman–Crippen MR) is 145 cm³/mol. The first-order valence-corrected chi connectivity index (χ1v) is 14.3. The molecular weight excluding hydrogens is 480 g/mol. The van der Waals surface area contributed by atoms with Gasteiger partial charge in [-0.25, -0.2) is 0 Å². The van der Waals surface area contributed by atoms with Crippen LogP contribution in [0.25, 0.3) is 0 Å². The van der Waals surface area contributed by atoms with Crippen molar-refractivity contribution in [3.8, 4) is 23.0 Å². The summed E-state index contributed by atoms with van der Waals surface area (Å²) in [5, 5.41) is 0. The van der Waals surface area contributed by atoms with E-state index in [9.17, 15) is 9.59 Å². The molecule has 0 aromatic heterocycles. The molecular formula is C32H40O6. The van der Waals surface area contributed by atoms with Gasteiger partial charge in [0, 0.05) is 34.1 Å². The summed E-state index contributed by atoms with van der Waals surface area (Å²) < 4.78 is 23.5. The van der Waals surface area contributed by atoms with Gasteiger partial charge in [0.25, 0.3) is 0 Å². The summed E-state index contributed by atoms with van der Waals surface area (Å²) in [7, 11) is 0. The minimum atomic E-state index is -0.626. The van der Waals surface area contributed by atoms with Gasteiger partial charge < -0.3 is 18.9 Å². The van der Waals surface area contributed by atoms with Gasteiger partial charge in [0.2, 0.25) is 0 Å². The molecule has 3 aliphatic rings. The van der Waals surface area contributed by atoms with Crippen LogP contribution in [0.15, 0.2) is 36.4 Å². The Morgan fingerprint density at radius 3 is 1.47 bits per heavy atom. The standard InChI is InChI=1S/C32H40O6/c1-5-7-9-11-17-35-21-13-15-23-25(19-21)37-29(33)27-28-30(34)38-26-20-22(36-18-12-10-8-6-2)14-16-24(26)32(28,4)31(23,27)3/h13-16,19-20,27-28H,5-12,17-18H2,1-4H3/t27-,28+,31+,32-. The Labute approximate surface area is 226 Å². The molecule has 0 spiro atoms. The topological polar surface area (TPSA) is 71.1 Å². The lowest BCUT2D eigenvalue weighted by Crippen LogP contribution is -2.75. The van der Waals surface area contributed by atoms with Gasteiger partial charge in [-0.15, -0.1) is 0 Å². The van der Waals surface area contributed by atoms with Crippen molar-refractivity contribution in [2.24, 2.45) is 11.8 Å². The molecule has 2 aliphatic heterocycles. The van der Waals surface area contributed by atoms with E-state index in [0.29, 0.717) is 36.2 Å². The average Bonchev–Trinajstić information content (AvgIpc) is 2.89. The van der Waals surface area contributed by atoms with Crippen LogP contribution in [-0.2, 0) is 20.4 Å². The second-order valence-electron chi connectivity index (χ2n) is 11.3. The largest absolute Gasteiger partial charge is 0.493 e. The molecule has 0 radical (unpaired) electrons. The smallest absolute Gasteiger partial charge is 0.316 e. The summed E-state index contributed by atoms with van der Waals surface area (Å²) >= 11 is 0. The monoisotopic (exact) mass is 520 g/mol. The molecule has 204 valence electrons. The molecule has 5 rings (SSSR count). The SMILES string of the molecule is CCCCCCOc1ccc2c(c1)OC(=O)[C@H]1[C@H]3C(=O)Oc4cc(OCCCCCC)ccc4[C@@]3(C)[C@@]21C. The van der Waals surface area contributed by atoms with Crippen LogP contribution >= 0.6 is 0 Å². The molecule has 0 saturated heterocycles. The molecule has 2 heterocycles. The van der Waals surface area contributed by atoms with Gasteiger partial charge in [-0.3, -0.25) is 9.59 Å². The third-order valence-electron chi connectivity index (χ3n) is 9.14. The van der Waals surface area contributed by atoms with E-state index in [1.807, 2.05) is 36.4 Å². The molecule has 0 N–H and O–H groups in total. The molecule has 1 fully saturated rings. The summed E-state index contributed by atoms with van der Waals surface area (Å²) in [6, 6.07) is 11.6. The zero-order valence-electron chi connectivity index (χ0n) is 23.1. The average molecular weight is 521 g/mol. The van der Waals surface area contributed by atoms with Gasteiger partial charge in [-0.2, -0.15) is 0 Å². The number of hydrogen-bond acceptors (Lipinski definition) is 6. The fourth-order valence-corrected chi connectivity index (χ4v) is 6.85. The maximum atomic E-state index is 13.3. The highest BCUT2D eigenvalue weighted by Crippen LogP contribution is 2.71. The van der Waals surface area contributed by atoms with E-state index in [0.717, 1.165) is 36.8 Å². The van der Waals surface area contributed by atoms with Gasteiger partial charge >= 0.3 is 11.9 Å². The fourth-order valence-electron chi connectivity index (χ4n) is 6.85. The van der Waals surface area contributed by atoms with E-state index in [1.54, 1.807) is 0 Å². The zero-order valence-corrected chi connectivity index (χ0v) is 23.1. The van der Waals surface area contributed by atoms with Gasteiger partial charge in [0.1, 0.15) is 23.0 Å². The highest BCUT2D eigenvalue weighted by molar-refractivity contribution is 5.95. The van der Waals surface area contributed by atoms with E-state index < -0.39 is 22.7 Å². The molecule has 2 aromatic rings. The number of fused-ring (bicyclic) bond motifs is 8. The fraction of sp³-hybridized carbons (Fsp3) is 0.562. The third kappa shape index (κ3) is 4.17. The Kier molecular flexibility index (Phi) is 7.43. The van der Waals surface area contributed by atoms with Crippen LogP contribution < -0.4 is 18.9 Å². The van der Waals surface area contributed by atoms with E-state index >= 15 is 0 Å². The van der Waals surface area contributed by atoms with Crippen LogP contribution in [0.2, 0.25) is 0 Å². The summed E-state index contributed by atoms with van der Waals surface area (Å²) in [5.41, 5.74) is 0.601. The van der Waals surface area contributed by atoms with Crippen molar-refractivity contribution >= 4 is 11.9 Å². The molecule has 1 saturated carbocycles.